The molecule has 0 aliphatic heterocycles. The van der Waals surface area contributed by atoms with Crippen LogP contribution >= 0.6 is 0 Å². The van der Waals surface area contributed by atoms with Gasteiger partial charge in [0.2, 0.25) is 0 Å². The van der Waals surface area contributed by atoms with Gasteiger partial charge in [-0.2, -0.15) is 13.2 Å². The Balaban J connectivity index is 3.16. The predicted molar refractivity (Wildman–Crippen MR) is 56.9 cm³/mol. The summed E-state index contributed by atoms with van der Waals surface area (Å²) in [6, 6.07) is 3.33. The molecule has 6 heteroatoms. The molecule has 0 aliphatic rings. The van der Waals surface area contributed by atoms with Gasteiger partial charge in [-0.05, 0) is 23.8 Å². The second-order valence-electron chi connectivity index (χ2n) is 3.20. The number of rotatable bonds is 2. The summed E-state index contributed by atoms with van der Waals surface area (Å²) in [6.07, 6.45) is -2.57. The highest BCUT2D eigenvalue weighted by atomic mass is 19.4. The molecule has 0 saturated heterocycles. The zero-order valence-corrected chi connectivity index (χ0v) is 8.91. The lowest BCUT2D eigenvalue weighted by Crippen LogP contribution is -2.08. The summed E-state index contributed by atoms with van der Waals surface area (Å²) < 4.78 is 42.2. The maximum Gasteiger partial charge on any atom is 0.417 e. The van der Waals surface area contributed by atoms with E-state index in [9.17, 15) is 18.0 Å². The van der Waals surface area contributed by atoms with Crippen molar-refractivity contribution in [1.82, 2.24) is 0 Å². The minimum atomic E-state index is -4.52. The third-order valence-corrected chi connectivity index (χ3v) is 1.98. The van der Waals surface area contributed by atoms with E-state index >= 15 is 0 Å². The highest BCUT2D eigenvalue weighted by Crippen LogP contribution is 2.33. The van der Waals surface area contributed by atoms with Crippen molar-refractivity contribution in [3.05, 3.63) is 35.4 Å². The molecular weight excluding hydrogens is 235 g/mol. The van der Waals surface area contributed by atoms with Gasteiger partial charge in [0.15, 0.2) is 0 Å². The fraction of sp³-hybridized carbons (Fsp3) is 0.182. The van der Waals surface area contributed by atoms with E-state index in [1.165, 1.54) is 12.1 Å². The van der Waals surface area contributed by atoms with Crippen molar-refractivity contribution in [3.63, 3.8) is 0 Å². The summed E-state index contributed by atoms with van der Waals surface area (Å²) in [7, 11) is 1.14. The van der Waals surface area contributed by atoms with Crippen LogP contribution in [0.1, 0.15) is 11.1 Å². The number of methoxy groups -OCH3 is 1. The highest BCUT2D eigenvalue weighted by molar-refractivity contribution is 5.87. The zero-order chi connectivity index (χ0) is 13.1. The van der Waals surface area contributed by atoms with Crippen molar-refractivity contribution in [2.75, 3.05) is 12.8 Å². The molecule has 1 aromatic rings. The predicted octanol–water partition coefficient (Wildman–Crippen LogP) is 2.47. The molecule has 0 atom stereocenters. The number of carbonyl (C=O) groups is 1. The van der Waals surface area contributed by atoms with Gasteiger partial charge >= 0.3 is 12.1 Å². The van der Waals surface area contributed by atoms with E-state index in [1.54, 1.807) is 0 Å². The second-order valence-corrected chi connectivity index (χ2v) is 3.20. The Bertz CT molecular complexity index is 453. The molecule has 0 aliphatic carbocycles. The number of benzene rings is 1. The first-order chi connectivity index (χ1) is 7.84. The minimum absolute atomic E-state index is 0.00698. The van der Waals surface area contributed by atoms with Crippen molar-refractivity contribution in [2.45, 2.75) is 6.18 Å². The first-order valence-electron chi connectivity index (χ1n) is 4.57. The monoisotopic (exact) mass is 245 g/mol. The van der Waals surface area contributed by atoms with E-state index < -0.39 is 17.7 Å². The van der Waals surface area contributed by atoms with E-state index in [-0.39, 0.29) is 11.3 Å². The summed E-state index contributed by atoms with van der Waals surface area (Å²) in [5.74, 6) is -0.727. The molecule has 0 spiro atoms. The van der Waals surface area contributed by atoms with Crippen LogP contribution in [0.3, 0.4) is 0 Å². The van der Waals surface area contributed by atoms with Gasteiger partial charge in [-0.1, -0.05) is 6.07 Å². The standard InChI is InChI=1S/C11H10F3NO2/c1-17-10(16)5-3-7-2-4-8(15)6-9(7)11(12,13)14/h2-6H,15H2,1H3/b5-3+. The molecule has 0 aromatic heterocycles. The number of nitrogen functional groups attached to an aromatic ring is 1. The normalized spacial score (nSPS) is 11.8. The Morgan fingerprint density at radius 2 is 2.06 bits per heavy atom. The van der Waals surface area contributed by atoms with Crippen molar-refractivity contribution in [2.24, 2.45) is 0 Å². The largest absolute Gasteiger partial charge is 0.466 e. The molecule has 0 heterocycles. The number of esters is 1. The van der Waals surface area contributed by atoms with Crippen molar-refractivity contribution in [3.8, 4) is 0 Å². The first kappa shape index (κ1) is 13.1. The van der Waals surface area contributed by atoms with E-state index in [2.05, 4.69) is 4.74 Å². The third-order valence-electron chi connectivity index (χ3n) is 1.98. The van der Waals surface area contributed by atoms with Gasteiger partial charge in [0.25, 0.3) is 0 Å². The Kier molecular flexibility index (Phi) is 3.77. The quantitative estimate of drug-likeness (QED) is 0.494. The van der Waals surface area contributed by atoms with E-state index in [4.69, 9.17) is 5.73 Å². The SMILES string of the molecule is COC(=O)/C=C/c1ccc(N)cc1C(F)(F)F. The fourth-order valence-corrected chi connectivity index (χ4v) is 1.19. The number of alkyl halides is 3. The molecule has 1 aromatic carbocycles. The Hall–Kier alpha value is -1.98. The number of anilines is 1. The van der Waals surface area contributed by atoms with Crippen LogP contribution in [0.25, 0.3) is 6.08 Å². The average Bonchev–Trinajstić information content (AvgIpc) is 2.25. The lowest BCUT2D eigenvalue weighted by atomic mass is 10.1. The van der Waals surface area contributed by atoms with Crippen LogP contribution in [0.2, 0.25) is 0 Å². The van der Waals surface area contributed by atoms with E-state index in [0.29, 0.717) is 0 Å². The summed E-state index contributed by atoms with van der Waals surface area (Å²) >= 11 is 0. The number of ether oxygens (including phenoxy) is 1. The second kappa shape index (κ2) is 4.90. The van der Waals surface area contributed by atoms with Crippen LogP contribution in [0.4, 0.5) is 18.9 Å². The molecule has 2 N–H and O–H groups in total. The van der Waals surface area contributed by atoms with Crippen LogP contribution in [0, 0.1) is 0 Å². The maximum absolute atomic E-state index is 12.6. The van der Waals surface area contributed by atoms with Crippen LogP contribution in [0.5, 0.6) is 0 Å². The number of nitrogens with two attached hydrogens (primary N) is 1. The molecule has 0 radical (unpaired) electrons. The smallest absolute Gasteiger partial charge is 0.417 e. The van der Waals surface area contributed by atoms with Crippen molar-refractivity contribution >= 4 is 17.7 Å². The van der Waals surface area contributed by atoms with Gasteiger partial charge < -0.3 is 10.5 Å². The summed E-state index contributed by atoms with van der Waals surface area (Å²) in [5, 5.41) is 0. The van der Waals surface area contributed by atoms with Crippen LogP contribution in [0.15, 0.2) is 24.3 Å². The van der Waals surface area contributed by atoms with Crippen molar-refractivity contribution < 1.29 is 22.7 Å². The summed E-state index contributed by atoms with van der Waals surface area (Å²) in [4.78, 5) is 10.8. The molecule has 1 rings (SSSR count). The van der Waals surface area contributed by atoms with Crippen LogP contribution in [-0.4, -0.2) is 13.1 Å². The molecule has 0 unspecified atom stereocenters. The Labute approximate surface area is 95.7 Å². The number of halogens is 3. The highest BCUT2D eigenvalue weighted by Gasteiger charge is 2.32. The summed E-state index contributed by atoms with van der Waals surface area (Å²) in [5.41, 5.74) is 4.26. The topological polar surface area (TPSA) is 52.3 Å². The molecular formula is C11H10F3NO2. The molecule has 0 bridgehead atoms. The van der Waals surface area contributed by atoms with Gasteiger partial charge in [-0.25, -0.2) is 4.79 Å². The van der Waals surface area contributed by atoms with Gasteiger partial charge in [0, 0.05) is 11.8 Å². The van der Waals surface area contributed by atoms with Crippen LogP contribution < -0.4 is 5.73 Å². The number of hydrogen-bond donors (Lipinski definition) is 1. The Morgan fingerprint density at radius 3 is 2.59 bits per heavy atom. The fourth-order valence-electron chi connectivity index (χ4n) is 1.19. The Morgan fingerprint density at radius 1 is 1.41 bits per heavy atom. The summed E-state index contributed by atoms with van der Waals surface area (Å²) in [6.45, 7) is 0. The molecule has 0 saturated carbocycles. The molecule has 3 nitrogen and oxygen atoms in total. The first-order valence-corrected chi connectivity index (χ1v) is 4.57. The van der Waals surface area contributed by atoms with Gasteiger partial charge in [-0.3, -0.25) is 0 Å². The van der Waals surface area contributed by atoms with Gasteiger partial charge in [0.1, 0.15) is 0 Å². The van der Waals surface area contributed by atoms with E-state index in [0.717, 1.165) is 25.3 Å². The molecule has 17 heavy (non-hydrogen) atoms. The van der Waals surface area contributed by atoms with Crippen LogP contribution in [-0.2, 0) is 15.7 Å². The lowest BCUT2D eigenvalue weighted by Gasteiger charge is -2.10. The van der Waals surface area contributed by atoms with Crippen molar-refractivity contribution in [1.29, 1.82) is 0 Å². The zero-order valence-electron chi connectivity index (χ0n) is 8.91. The molecule has 0 amide bonds. The molecule has 0 fully saturated rings. The molecule has 92 valence electrons. The lowest BCUT2D eigenvalue weighted by molar-refractivity contribution is -0.138. The number of hydrogen-bond acceptors (Lipinski definition) is 3. The third kappa shape index (κ3) is 3.51. The minimum Gasteiger partial charge on any atom is -0.466 e. The maximum atomic E-state index is 12.6. The number of carbonyl (C=O) groups excluding carboxylic acids is 1. The van der Waals surface area contributed by atoms with Gasteiger partial charge in [0.05, 0.1) is 12.7 Å². The van der Waals surface area contributed by atoms with Gasteiger partial charge in [-0.15, -0.1) is 0 Å². The van der Waals surface area contributed by atoms with E-state index in [1.807, 2.05) is 0 Å². The average molecular weight is 245 g/mol.